The molecule has 5 heteroatoms. The molecule has 5 nitrogen and oxygen atoms in total. The van der Waals surface area contributed by atoms with Crippen molar-refractivity contribution in [2.45, 2.75) is 6.42 Å². The predicted octanol–water partition coefficient (Wildman–Crippen LogP) is -0.613. The summed E-state index contributed by atoms with van der Waals surface area (Å²) in [6, 6.07) is 0. The predicted molar refractivity (Wildman–Crippen MR) is 68.3 cm³/mol. The van der Waals surface area contributed by atoms with E-state index in [-0.39, 0.29) is 5.41 Å². The van der Waals surface area contributed by atoms with Crippen LogP contribution in [0.25, 0.3) is 0 Å². The lowest BCUT2D eigenvalue weighted by Crippen LogP contribution is -2.57. The number of piperazine rings is 1. The van der Waals surface area contributed by atoms with Crippen LogP contribution in [-0.2, 0) is 9.53 Å². The highest BCUT2D eigenvalue weighted by molar-refractivity contribution is 5.84. The summed E-state index contributed by atoms with van der Waals surface area (Å²) in [6.45, 7) is 6.89. The molecule has 0 saturated carbocycles. The van der Waals surface area contributed by atoms with Crippen molar-refractivity contribution in [1.29, 1.82) is 0 Å². The molecule has 1 N–H and O–H groups in total. The lowest BCUT2D eigenvalue weighted by atomic mass is 9.74. The summed E-state index contributed by atoms with van der Waals surface area (Å²) < 4.78 is 5.62. The van der Waals surface area contributed by atoms with Gasteiger partial charge in [-0.3, -0.25) is 4.79 Å². The maximum atomic E-state index is 12.9. The van der Waals surface area contributed by atoms with Crippen LogP contribution in [0.1, 0.15) is 6.42 Å². The second kappa shape index (κ2) is 4.79. The van der Waals surface area contributed by atoms with Crippen LogP contribution < -0.4 is 5.32 Å². The number of hydrogen-bond acceptors (Lipinski definition) is 4. The van der Waals surface area contributed by atoms with Crippen molar-refractivity contribution in [2.75, 3.05) is 59.5 Å². The fraction of sp³-hybridized carbons (Fsp3) is 0.923. The van der Waals surface area contributed by atoms with Crippen molar-refractivity contribution in [3.05, 3.63) is 0 Å². The van der Waals surface area contributed by atoms with Gasteiger partial charge in [0, 0.05) is 39.3 Å². The summed E-state index contributed by atoms with van der Waals surface area (Å²) in [5.41, 5.74) is -0.270. The number of ether oxygens (including phenoxy) is 1. The summed E-state index contributed by atoms with van der Waals surface area (Å²) in [7, 11) is 2.11. The summed E-state index contributed by atoms with van der Waals surface area (Å²) in [6.07, 6.45) is 1.02. The zero-order chi connectivity index (χ0) is 12.6. The Morgan fingerprint density at radius 1 is 1.33 bits per heavy atom. The van der Waals surface area contributed by atoms with Gasteiger partial charge in [-0.2, -0.15) is 0 Å². The van der Waals surface area contributed by atoms with E-state index < -0.39 is 0 Å². The van der Waals surface area contributed by atoms with Crippen LogP contribution in [0.5, 0.6) is 0 Å². The van der Waals surface area contributed by atoms with Gasteiger partial charge >= 0.3 is 0 Å². The van der Waals surface area contributed by atoms with Crippen molar-refractivity contribution in [3.8, 4) is 0 Å². The van der Waals surface area contributed by atoms with E-state index in [1.165, 1.54) is 0 Å². The number of amides is 1. The van der Waals surface area contributed by atoms with Crippen molar-refractivity contribution in [3.63, 3.8) is 0 Å². The Bertz CT molecular complexity index is 328. The van der Waals surface area contributed by atoms with Gasteiger partial charge in [-0.05, 0) is 25.9 Å². The smallest absolute Gasteiger partial charge is 0.232 e. The Labute approximate surface area is 108 Å². The minimum Gasteiger partial charge on any atom is -0.380 e. The van der Waals surface area contributed by atoms with Crippen molar-refractivity contribution < 1.29 is 9.53 Å². The second-order valence-electron chi connectivity index (χ2n) is 5.92. The van der Waals surface area contributed by atoms with Gasteiger partial charge in [0.2, 0.25) is 5.91 Å². The molecule has 3 aliphatic rings. The highest BCUT2D eigenvalue weighted by atomic mass is 16.5. The highest BCUT2D eigenvalue weighted by Crippen LogP contribution is 2.39. The van der Waals surface area contributed by atoms with Gasteiger partial charge in [0.25, 0.3) is 0 Å². The van der Waals surface area contributed by atoms with Crippen LogP contribution in [0.15, 0.2) is 0 Å². The lowest BCUT2D eigenvalue weighted by Gasteiger charge is -2.42. The first-order valence-corrected chi connectivity index (χ1v) is 6.99. The van der Waals surface area contributed by atoms with E-state index in [1.54, 1.807) is 0 Å². The van der Waals surface area contributed by atoms with E-state index in [0.29, 0.717) is 18.4 Å². The fourth-order valence-corrected chi connectivity index (χ4v) is 3.47. The van der Waals surface area contributed by atoms with Crippen molar-refractivity contribution >= 4 is 5.91 Å². The van der Waals surface area contributed by atoms with Crippen LogP contribution in [-0.4, -0.2) is 75.2 Å². The first kappa shape index (κ1) is 12.4. The van der Waals surface area contributed by atoms with Crippen LogP contribution in [0.3, 0.4) is 0 Å². The average molecular weight is 253 g/mol. The zero-order valence-corrected chi connectivity index (χ0v) is 11.2. The van der Waals surface area contributed by atoms with E-state index in [2.05, 4.69) is 22.2 Å². The molecule has 3 heterocycles. The first-order chi connectivity index (χ1) is 8.72. The van der Waals surface area contributed by atoms with E-state index in [1.807, 2.05) is 0 Å². The monoisotopic (exact) mass is 253 g/mol. The Morgan fingerprint density at radius 3 is 2.89 bits per heavy atom. The van der Waals surface area contributed by atoms with Gasteiger partial charge in [0.1, 0.15) is 0 Å². The average Bonchev–Trinajstić information content (AvgIpc) is 2.83. The zero-order valence-electron chi connectivity index (χ0n) is 11.2. The molecule has 3 rings (SSSR count). The lowest BCUT2D eigenvalue weighted by molar-refractivity contribution is -0.154. The molecule has 0 aromatic heterocycles. The summed E-state index contributed by atoms with van der Waals surface area (Å²) in [4.78, 5) is 17.2. The Morgan fingerprint density at radius 2 is 2.11 bits per heavy atom. The number of fused-ring (bicyclic) bond motifs is 1. The Hall–Kier alpha value is -0.650. The number of rotatable bonds is 1. The molecular formula is C13H23N3O2. The molecule has 0 aromatic carbocycles. The highest BCUT2D eigenvalue weighted by Gasteiger charge is 2.52. The molecule has 3 saturated heterocycles. The number of hydrogen-bond donors (Lipinski definition) is 1. The number of likely N-dealkylation sites (N-methyl/N-ethyl adjacent to an activating group) is 1. The standard InChI is InChI=1S/C13H23N3O2/c1-15-3-5-16(6-4-15)12(17)13-9-14-8-11(13)2-7-18-10-13/h11,14H,2-10H2,1H3/t11-,13+/m1/s1. The summed E-state index contributed by atoms with van der Waals surface area (Å²) in [5.74, 6) is 0.795. The minimum absolute atomic E-state index is 0.270. The molecule has 18 heavy (non-hydrogen) atoms. The van der Waals surface area contributed by atoms with E-state index >= 15 is 0 Å². The van der Waals surface area contributed by atoms with E-state index in [9.17, 15) is 4.79 Å². The first-order valence-electron chi connectivity index (χ1n) is 6.99. The second-order valence-corrected chi connectivity index (χ2v) is 5.92. The van der Waals surface area contributed by atoms with Gasteiger partial charge in [-0.25, -0.2) is 0 Å². The van der Waals surface area contributed by atoms with Gasteiger partial charge in [-0.1, -0.05) is 0 Å². The minimum atomic E-state index is -0.270. The number of nitrogens with one attached hydrogen (secondary N) is 1. The Kier molecular flexibility index (Phi) is 3.30. The number of carbonyl (C=O) groups excluding carboxylic acids is 1. The maximum Gasteiger partial charge on any atom is 0.232 e. The molecule has 102 valence electrons. The van der Waals surface area contributed by atoms with Gasteiger partial charge < -0.3 is 19.9 Å². The molecule has 0 aliphatic carbocycles. The topological polar surface area (TPSA) is 44.8 Å². The third-order valence-corrected chi connectivity index (χ3v) is 4.80. The molecule has 0 unspecified atom stereocenters. The normalized spacial score (nSPS) is 37.6. The van der Waals surface area contributed by atoms with Crippen molar-refractivity contribution in [2.24, 2.45) is 11.3 Å². The van der Waals surface area contributed by atoms with Crippen LogP contribution in [0, 0.1) is 11.3 Å². The molecule has 2 atom stereocenters. The molecule has 0 aromatic rings. The summed E-state index contributed by atoms with van der Waals surface area (Å²) >= 11 is 0. The Balaban J connectivity index is 1.74. The molecule has 1 amide bonds. The molecular weight excluding hydrogens is 230 g/mol. The third kappa shape index (κ3) is 1.94. The molecule has 0 spiro atoms. The van der Waals surface area contributed by atoms with Gasteiger partial charge in [-0.15, -0.1) is 0 Å². The summed E-state index contributed by atoms with van der Waals surface area (Å²) in [5, 5.41) is 3.40. The fourth-order valence-electron chi connectivity index (χ4n) is 3.47. The maximum absolute atomic E-state index is 12.9. The van der Waals surface area contributed by atoms with Crippen LogP contribution in [0.4, 0.5) is 0 Å². The largest absolute Gasteiger partial charge is 0.380 e. The molecule has 0 radical (unpaired) electrons. The van der Waals surface area contributed by atoms with E-state index in [0.717, 1.165) is 52.3 Å². The SMILES string of the molecule is CN1CCN(C(=O)[C@]23CNC[C@H]2CCOC3)CC1. The number of carbonyl (C=O) groups is 1. The molecule has 3 aliphatic heterocycles. The van der Waals surface area contributed by atoms with E-state index in [4.69, 9.17) is 4.74 Å². The molecule has 0 bridgehead atoms. The van der Waals surface area contributed by atoms with Gasteiger partial charge in [0.15, 0.2) is 0 Å². The van der Waals surface area contributed by atoms with Crippen LogP contribution in [0.2, 0.25) is 0 Å². The van der Waals surface area contributed by atoms with Crippen molar-refractivity contribution in [1.82, 2.24) is 15.1 Å². The quantitative estimate of drug-likeness (QED) is 0.677. The van der Waals surface area contributed by atoms with Gasteiger partial charge in [0.05, 0.1) is 12.0 Å². The third-order valence-electron chi connectivity index (χ3n) is 4.80. The van der Waals surface area contributed by atoms with Crippen LogP contribution >= 0.6 is 0 Å². The molecule has 3 fully saturated rings. The number of nitrogens with zero attached hydrogens (tertiary/aromatic N) is 2.